The van der Waals surface area contributed by atoms with Crippen molar-refractivity contribution in [3.8, 4) is 22.7 Å². The van der Waals surface area contributed by atoms with Crippen LogP contribution in [0.4, 0.5) is 4.79 Å². The van der Waals surface area contributed by atoms with Gasteiger partial charge in [0.05, 0.1) is 11.7 Å². The van der Waals surface area contributed by atoms with Gasteiger partial charge in [0.25, 0.3) is 5.91 Å². The van der Waals surface area contributed by atoms with Crippen LogP contribution in [0.15, 0.2) is 115 Å². The molecule has 47 heavy (non-hydrogen) atoms. The normalized spacial score (nSPS) is 14.9. The molecule has 0 aliphatic carbocycles. The lowest BCUT2D eigenvalue weighted by Gasteiger charge is -2.41. The van der Waals surface area contributed by atoms with E-state index in [-0.39, 0.29) is 23.7 Å². The first kappa shape index (κ1) is 31.5. The summed E-state index contributed by atoms with van der Waals surface area (Å²) >= 11 is 0. The van der Waals surface area contributed by atoms with Gasteiger partial charge in [-0.05, 0) is 50.5 Å². The molecule has 2 amide bonds. The first-order chi connectivity index (χ1) is 22.7. The number of nitrogens with zero attached hydrogens (tertiary/aromatic N) is 5. The first-order valence-electron chi connectivity index (χ1n) is 15.9. The van der Waals surface area contributed by atoms with Crippen molar-refractivity contribution < 1.29 is 19.1 Å². The van der Waals surface area contributed by atoms with Crippen molar-refractivity contribution in [2.24, 2.45) is 0 Å². The van der Waals surface area contributed by atoms with Crippen molar-refractivity contribution in [1.82, 2.24) is 24.8 Å². The Hall–Kier alpha value is -5.44. The van der Waals surface area contributed by atoms with Crippen molar-refractivity contribution in [3.05, 3.63) is 132 Å². The Morgan fingerprint density at radius 3 is 2.15 bits per heavy atom. The van der Waals surface area contributed by atoms with Gasteiger partial charge in [0, 0.05) is 31.3 Å². The summed E-state index contributed by atoms with van der Waals surface area (Å²) in [7, 11) is 0. The smallest absolute Gasteiger partial charge is 0.410 e. The molecule has 0 N–H and O–H groups in total. The minimum atomic E-state index is -0.619. The topological polar surface area (TPSA) is 89.8 Å². The van der Waals surface area contributed by atoms with Crippen LogP contribution in [0.3, 0.4) is 0 Å². The summed E-state index contributed by atoms with van der Waals surface area (Å²) in [6.45, 7) is 7.00. The Morgan fingerprint density at radius 1 is 0.809 bits per heavy atom. The predicted octanol–water partition coefficient (Wildman–Crippen LogP) is 6.82. The molecule has 1 atom stereocenters. The molecule has 1 saturated heterocycles. The Labute approximate surface area is 275 Å². The third kappa shape index (κ3) is 7.69. The van der Waals surface area contributed by atoms with Gasteiger partial charge in [0.2, 0.25) is 0 Å². The molecule has 1 aliphatic rings. The average molecular weight is 630 g/mol. The lowest BCUT2D eigenvalue weighted by Crippen LogP contribution is -2.58. The second-order valence-electron chi connectivity index (χ2n) is 12.6. The van der Waals surface area contributed by atoms with Crippen molar-refractivity contribution in [1.29, 1.82) is 0 Å². The van der Waals surface area contributed by atoms with Crippen LogP contribution in [-0.2, 0) is 17.8 Å². The summed E-state index contributed by atoms with van der Waals surface area (Å²) in [6.07, 6.45) is 0.189. The standard InChI is InChI=1S/C38H39N5O4/c1-38(2,3)47-37(45)41-22-23-42(32(26-41)24-28-14-7-4-8-15-28)36(44)34-35(30-18-11-6-12-19-30)43(40-39-34)31-20-13-21-33(25-31)46-27-29-16-9-5-10-17-29/h4-21,25,32H,22-24,26-27H2,1-3H3/t32-/m1/s1. The quantitative estimate of drug-likeness (QED) is 0.187. The molecule has 4 aromatic carbocycles. The molecular formula is C38H39N5O4. The fraction of sp³-hybridized carbons (Fsp3) is 0.263. The number of carbonyl (C=O) groups is 2. The largest absolute Gasteiger partial charge is 0.489 e. The van der Waals surface area contributed by atoms with Crippen LogP contribution in [0.5, 0.6) is 5.75 Å². The molecule has 1 aliphatic heterocycles. The van der Waals surface area contributed by atoms with Crippen molar-refractivity contribution in [3.63, 3.8) is 0 Å². The van der Waals surface area contributed by atoms with Crippen LogP contribution in [0.2, 0.25) is 0 Å². The van der Waals surface area contributed by atoms with Crippen molar-refractivity contribution in [2.75, 3.05) is 19.6 Å². The summed E-state index contributed by atoms with van der Waals surface area (Å²) in [6, 6.07) is 37.0. The highest BCUT2D eigenvalue weighted by Gasteiger charge is 2.37. The van der Waals surface area contributed by atoms with Gasteiger partial charge in [-0.15, -0.1) is 5.10 Å². The highest BCUT2D eigenvalue weighted by molar-refractivity contribution is 5.98. The molecule has 0 unspecified atom stereocenters. The van der Waals surface area contributed by atoms with Gasteiger partial charge in [0.1, 0.15) is 23.7 Å². The molecule has 2 heterocycles. The maximum absolute atomic E-state index is 14.5. The number of amides is 2. The molecule has 6 rings (SSSR count). The molecule has 0 radical (unpaired) electrons. The number of piperazine rings is 1. The maximum atomic E-state index is 14.5. The van der Waals surface area contributed by atoms with Gasteiger partial charge in [-0.25, -0.2) is 9.48 Å². The molecule has 9 nitrogen and oxygen atoms in total. The zero-order valence-electron chi connectivity index (χ0n) is 27.0. The lowest BCUT2D eigenvalue weighted by atomic mass is 10.0. The van der Waals surface area contributed by atoms with E-state index in [1.807, 2.05) is 141 Å². The Kier molecular flexibility index (Phi) is 9.33. The van der Waals surface area contributed by atoms with Crippen molar-refractivity contribution >= 4 is 12.0 Å². The summed E-state index contributed by atoms with van der Waals surface area (Å²) in [5.41, 5.74) is 3.87. The fourth-order valence-electron chi connectivity index (χ4n) is 5.72. The van der Waals surface area contributed by atoms with E-state index in [2.05, 4.69) is 10.3 Å². The molecule has 9 heteroatoms. The van der Waals surface area contributed by atoms with Gasteiger partial charge in [-0.1, -0.05) is 102 Å². The van der Waals surface area contributed by atoms with E-state index < -0.39 is 5.60 Å². The van der Waals surface area contributed by atoms with E-state index in [1.165, 1.54) is 0 Å². The van der Waals surface area contributed by atoms with E-state index in [1.54, 1.807) is 9.58 Å². The molecule has 1 fully saturated rings. The summed E-state index contributed by atoms with van der Waals surface area (Å²) in [5.74, 6) is 0.436. The maximum Gasteiger partial charge on any atom is 0.410 e. The second kappa shape index (κ2) is 13.9. The third-order valence-electron chi connectivity index (χ3n) is 7.94. The molecule has 5 aromatic rings. The highest BCUT2D eigenvalue weighted by Crippen LogP contribution is 2.29. The number of ether oxygens (including phenoxy) is 2. The van der Waals surface area contributed by atoms with Crippen LogP contribution in [0, 0.1) is 0 Å². The first-order valence-corrected chi connectivity index (χ1v) is 15.9. The molecule has 240 valence electrons. The molecule has 1 aromatic heterocycles. The SMILES string of the molecule is CC(C)(C)OC(=O)N1CCN(C(=O)c2nnn(-c3cccc(OCc4ccccc4)c3)c2-c2ccccc2)[C@H](Cc2ccccc2)C1. The van der Waals surface area contributed by atoms with Crippen LogP contribution in [-0.4, -0.2) is 68.1 Å². The van der Waals surface area contributed by atoms with E-state index >= 15 is 0 Å². The number of carbonyl (C=O) groups excluding carboxylic acids is 2. The van der Waals surface area contributed by atoms with Crippen LogP contribution in [0.25, 0.3) is 16.9 Å². The Balaban J connectivity index is 1.32. The fourth-order valence-corrected chi connectivity index (χ4v) is 5.72. The Morgan fingerprint density at radius 2 is 1.47 bits per heavy atom. The average Bonchev–Trinajstić information content (AvgIpc) is 3.53. The Bertz CT molecular complexity index is 1800. The number of hydrogen-bond donors (Lipinski definition) is 0. The minimum absolute atomic E-state index is 0.239. The van der Waals surface area contributed by atoms with Crippen molar-refractivity contribution in [2.45, 2.75) is 45.4 Å². The number of benzene rings is 4. The lowest BCUT2D eigenvalue weighted by molar-refractivity contribution is 0.00427. The minimum Gasteiger partial charge on any atom is -0.489 e. The summed E-state index contributed by atoms with van der Waals surface area (Å²) in [4.78, 5) is 31.1. The van der Waals surface area contributed by atoms with Crippen LogP contribution < -0.4 is 4.74 Å². The summed E-state index contributed by atoms with van der Waals surface area (Å²) < 4.78 is 13.5. The van der Waals surface area contributed by atoms with E-state index in [0.717, 1.165) is 22.4 Å². The second-order valence-corrected chi connectivity index (χ2v) is 12.6. The zero-order valence-corrected chi connectivity index (χ0v) is 27.0. The third-order valence-corrected chi connectivity index (χ3v) is 7.94. The van der Waals surface area contributed by atoms with Gasteiger partial charge in [-0.2, -0.15) is 0 Å². The summed E-state index contributed by atoms with van der Waals surface area (Å²) in [5, 5.41) is 9.00. The van der Waals surface area contributed by atoms with Crippen LogP contribution in [0.1, 0.15) is 42.4 Å². The highest BCUT2D eigenvalue weighted by atomic mass is 16.6. The van der Waals surface area contributed by atoms with E-state index in [4.69, 9.17) is 9.47 Å². The molecular weight excluding hydrogens is 590 g/mol. The molecule has 0 spiro atoms. The van der Waals surface area contributed by atoms with Gasteiger partial charge >= 0.3 is 6.09 Å². The van der Waals surface area contributed by atoms with Gasteiger partial charge in [-0.3, -0.25) is 4.79 Å². The van der Waals surface area contributed by atoms with Crippen LogP contribution >= 0.6 is 0 Å². The zero-order chi connectivity index (χ0) is 32.8. The number of rotatable bonds is 8. The predicted molar refractivity (Wildman–Crippen MR) is 180 cm³/mol. The number of aromatic nitrogens is 3. The van der Waals surface area contributed by atoms with E-state index in [0.29, 0.717) is 44.1 Å². The number of hydrogen-bond acceptors (Lipinski definition) is 6. The van der Waals surface area contributed by atoms with Gasteiger partial charge in [0.15, 0.2) is 5.69 Å². The molecule has 0 saturated carbocycles. The monoisotopic (exact) mass is 629 g/mol. The van der Waals surface area contributed by atoms with Gasteiger partial charge < -0.3 is 19.3 Å². The molecule has 0 bridgehead atoms. The van der Waals surface area contributed by atoms with E-state index in [9.17, 15) is 9.59 Å².